The van der Waals surface area contributed by atoms with Gasteiger partial charge in [0.25, 0.3) is 0 Å². The number of ether oxygens (including phenoxy) is 1. The number of rotatable bonds is 5. The van der Waals surface area contributed by atoms with E-state index in [1.54, 1.807) is 18.4 Å². The predicted molar refractivity (Wildman–Crippen MR) is 81.4 cm³/mol. The number of aromatic nitrogens is 2. The number of nitrogens with one attached hydrogen (secondary N) is 1. The highest BCUT2D eigenvalue weighted by molar-refractivity contribution is 7.99. The zero-order valence-corrected chi connectivity index (χ0v) is 12.9. The van der Waals surface area contributed by atoms with Crippen LogP contribution in [0.4, 0.5) is 0 Å². The summed E-state index contributed by atoms with van der Waals surface area (Å²) in [4.78, 5) is 5.49. The Kier molecular flexibility index (Phi) is 4.00. The fourth-order valence-electron chi connectivity index (χ4n) is 2.81. The molecule has 0 aliphatic heterocycles. The average Bonchev–Trinajstić information content (AvgIpc) is 3.11. The van der Waals surface area contributed by atoms with Gasteiger partial charge in [-0.1, -0.05) is 6.42 Å². The summed E-state index contributed by atoms with van der Waals surface area (Å²) in [6, 6.07) is 0.615. The zero-order chi connectivity index (χ0) is 13.2. The molecule has 1 aliphatic carbocycles. The average molecular weight is 297 g/mol. The van der Waals surface area contributed by atoms with Gasteiger partial charge in [-0.25, -0.2) is 0 Å². The van der Waals surface area contributed by atoms with Gasteiger partial charge in [-0.2, -0.15) is 16.7 Å². The molecule has 1 fully saturated rings. The molecule has 2 atom stereocenters. The van der Waals surface area contributed by atoms with Crippen molar-refractivity contribution >= 4 is 28.1 Å². The fraction of sp³-hybridized carbons (Fsp3) is 0.615. The second-order valence-electron chi connectivity index (χ2n) is 4.82. The van der Waals surface area contributed by atoms with E-state index in [0.717, 1.165) is 28.3 Å². The van der Waals surface area contributed by atoms with E-state index >= 15 is 0 Å². The van der Waals surface area contributed by atoms with E-state index < -0.39 is 0 Å². The largest absolute Gasteiger partial charge is 0.480 e. The van der Waals surface area contributed by atoms with Crippen LogP contribution >= 0.6 is 23.1 Å². The van der Waals surface area contributed by atoms with Crippen molar-refractivity contribution in [2.75, 3.05) is 13.4 Å². The second kappa shape index (κ2) is 5.73. The molecule has 1 aliphatic rings. The summed E-state index contributed by atoms with van der Waals surface area (Å²) in [5.74, 6) is 0.748. The Balaban J connectivity index is 1.75. The third-order valence-electron chi connectivity index (χ3n) is 3.80. The molecule has 3 rings (SSSR count). The van der Waals surface area contributed by atoms with Gasteiger partial charge in [-0.15, -0.1) is 11.3 Å². The maximum absolute atomic E-state index is 5.39. The third-order valence-corrected chi connectivity index (χ3v) is 5.73. The molecule has 1 N–H and O–H groups in total. The molecule has 0 spiro atoms. The van der Waals surface area contributed by atoms with Crippen LogP contribution in [0.15, 0.2) is 11.6 Å². The lowest BCUT2D eigenvalue weighted by atomic mass is 10.2. The number of nitrogens with zero attached hydrogens (tertiary/aromatic N) is 2. The maximum Gasteiger partial charge on any atom is 0.237 e. The Morgan fingerprint density at radius 2 is 2.47 bits per heavy atom. The fourth-order valence-corrected chi connectivity index (χ4v) is 4.49. The Morgan fingerprint density at radius 3 is 3.26 bits per heavy atom. The molecule has 0 saturated heterocycles. The third kappa shape index (κ3) is 2.49. The maximum atomic E-state index is 5.39. The highest BCUT2D eigenvalue weighted by Crippen LogP contribution is 2.29. The van der Waals surface area contributed by atoms with Gasteiger partial charge in [0.15, 0.2) is 4.96 Å². The van der Waals surface area contributed by atoms with E-state index in [-0.39, 0.29) is 0 Å². The lowest BCUT2D eigenvalue weighted by molar-refractivity contribution is 0.390. The van der Waals surface area contributed by atoms with Crippen molar-refractivity contribution < 1.29 is 4.74 Å². The van der Waals surface area contributed by atoms with Crippen LogP contribution in [0, 0.1) is 0 Å². The summed E-state index contributed by atoms with van der Waals surface area (Å²) in [6.45, 7) is 0.822. The van der Waals surface area contributed by atoms with Gasteiger partial charge in [0, 0.05) is 29.4 Å². The summed E-state index contributed by atoms with van der Waals surface area (Å²) in [6.07, 6.45) is 8.21. The topological polar surface area (TPSA) is 38.6 Å². The van der Waals surface area contributed by atoms with E-state index in [2.05, 4.69) is 32.5 Å². The number of thiazole rings is 1. The van der Waals surface area contributed by atoms with Crippen LogP contribution in [-0.4, -0.2) is 34.0 Å². The number of fused-ring (bicyclic) bond motifs is 1. The highest BCUT2D eigenvalue weighted by Gasteiger charge is 2.26. The first kappa shape index (κ1) is 13.3. The minimum absolute atomic E-state index is 0.615. The van der Waals surface area contributed by atoms with Crippen LogP contribution in [-0.2, 0) is 6.54 Å². The molecule has 0 aromatic carbocycles. The quantitative estimate of drug-likeness (QED) is 0.921. The number of hydrogen-bond donors (Lipinski definition) is 1. The normalized spacial score (nSPS) is 23.3. The first-order valence-electron chi connectivity index (χ1n) is 6.58. The molecule has 2 aromatic rings. The number of imidazole rings is 1. The van der Waals surface area contributed by atoms with Crippen molar-refractivity contribution in [3.8, 4) is 5.88 Å². The highest BCUT2D eigenvalue weighted by atomic mass is 32.2. The van der Waals surface area contributed by atoms with Crippen molar-refractivity contribution in [1.29, 1.82) is 0 Å². The summed E-state index contributed by atoms with van der Waals surface area (Å²) in [5, 5.41) is 6.49. The molecular formula is C13H19N3OS2. The molecule has 0 radical (unpaired) electrons. The van der Waals surface area contributed by atoms with Gasteiger partial charge in [0.05, 0.1) is 7.11 Å². The molecule has 0 bridgehead atoms. The first-order valence-corrected chi connectivity index (χ1v) is 8.75. The van der Waals surface area contributed by atoms with E-state index in [1.807, 2.05) is 11.8 Å². The van der Waals surface area contributed by atoms with Crippen molar-refractivity contribution in [1.82, 2.24) is 14.7 Å². The van der Waals surface area contributed by atoms with Gasteiger partial charge < -0.3 is 10.1 Å². The molecule has 104 valence electrons. The van der Waals surface area contributed by atoms with Gasteiger partial charge in [0.1, 0.15) is 5.69 Å². The molecule has 1 saturated carbocycles. The van der Waals surface area contributed by atoms with Crippen LogP contribution in [0.5, 0.6) is 5.88 Å². The number of thioether (sulfide) groups is 1. The van der Waals surface area contributed by atoms with Crippen molar-refractivity contribution in [2.45, 2.75) is 37.1 Å². The number of methoxy groups -OCH3 is 1. The predicted octanol–water partition coefficient (Wildman–Crippen LogP) is 2.78. The monoisotopic (exact) mass is 297 g/mol. The van der Waals surface area contributed by atoms with E-state index in [4.69, 9.17) is 4.74 Å². The number of hydrogen-bond acceptors (Lipinski definition) is 5. The Morgan fingerprint density at radius 1 is 1.58 bits per heavy atom. The molecule has 2 aromatic heterocycles. The summed E-state index contributed by atoms with van der Waals surface area (Å²) in [7, 11) is 1.69. The minimum Gasteiger partial charge on any atom is -0.480 e. The van der Waals surface area contributed by atoms with Crippen molar-refractivity contribution in [3.05, 3.63) is 17.3 Å². The van der Waals surface area contributed by atoms with Crippen LogP contribution in [0.3, 0.4) is 0 Å². The van der Waals surface area contributed by atoms with Gasteiger partial charge >= 0.3 is 0 Å². The molecule has 6 heteroatoms. The van der Waals surface area contributed by atoms with Crippen LogP contribution in [0.1, 0.15) is 25.0 Å². The summed E-state index contributed by atoms with van der Waals surface area (Å²) in [5.41, 5.74) is 1.13. The lowest BCUT2D eigenvalue weighted by Crippen LogP contribution is -2.33. The second-order valence-corrected chi connectivity index (χ2v) is 6.77. The first-order chi connectivity index (χ1) is 9.33. The molecule has 2 heterocycles. The van der Waals surface area contributed by atoms with E-state index in [1.165, 1.54) is 19.3 Å². The molecule has 0 amide bonds. The standard InChI is InChI=1S/C13H19N3OS2/c1-17-12-10(16-6-7-19-13(16)15-12)8-14-9-4-3-5-11(9)18-2/h6-7,9,11,14H,3-5,8H2,1-2H3. The Hall–Kier alpha value is -0.720. The van der Waals surface area contributed by atoms with Crippen molar-refractivity contribution in [3.63, 3.8) is 0 Å². The zero-order valence-electron chi connectivity index (χ0n) is 11.3. The van der Waals surface area contributed by atoms with Gasteiger partial charge in [0.2, 0.25) is 5.88 Å². The molecular weight excluding hydrogens is 278 g/mol. The van der Waals surface area contributed by atoms with Crippen molar-refractivity contribution in [2.24, 2.45) is 0 Å². The van der Waals surface area contributed by atoms with Crippen LogP contribution in [0.25, 0.3) is 4.96 Å². The Labute approximate surface area is 121 Å². The summed E-state index contributed by atoms with van der Waals surface area (Å²) >= 11 is 3.62. The molecule has 4 nitrogen and oxygen atoms in total. The minimum atomic E-state index is 0.615. The van der Waals surface area contributed by atoms with E-state index in [9.17, 15) is 0 Å². The molecule has 2 unspecified atom stereocenters. The summed E-state index contributed by atoms with van der Waals surface area (Å²) < 4.78 is 7.51. The smallest absolute Gasteiger partial charge is 0.237 e. The molecule has 19 heavy (non-hydrogen) atoms. The van der Waals surface area contributed by atoms with E-state index in [0.29, 0.717) is 6.04 Å². The van der Waals surface area contributed by atoms with Gasteiger partial charge in [-0.05, 0) is 19.1 Å². The lowest BCUT2D eigenvalue weighted by Gasteiger charge is -2.19. The van der Waals surface area contributed by atoms with Gasteiger partial charge in [-0.3, -0.25) is 4.40 Å². The van der Waals surface area contributed by atoms with Crippen LogP contribution in [0.2, 0.25) is 0 Å². The van der Waals surface area contributed by atoms with Crippen LogP contribution < -0.4 is 10.1 Å². The SMILES string of the molecule is COc1nc2sccn2c1CNC1CCCC1SC. The Bertz CT molecular complexity index is 551.